The molecule has 0 fully saturated rings. The molecule has 0 saturated carbocycles. The quantitative estimate of drug-likeness (QED) is 0.623. The van der Waals surface area contributed by atoms with Crippen LogP contribution >= 0.6 is 43.6 Å². The molecular weight excluding hydrogens is 417 g/mol. The fourth-order valence-electron chi connectivity index (χ4n) is 1.92. The van der Waals surface area contributed by atoms with Crippen molar-refractivity contribution in [2.24, 2.45) is 0 Å². The molecule has 2 rings (SSSR count). The van der Waals surface area contributed by atoms with Crippen molar-refractivity contribution in [2.45, 2.75) is 17.4 Å². The minimum absolute atomic E-state index is 0.212. The second-order valence-electron chi connectivity index (χ2n) is 4.69. The average Bonchev–Trinajstić information content (AvgIpc) is 2.47. The van der Waals surface area contributed by atoms with E-state index >= 15 is 0 Å². The first-order valence-corrected chi connectivity index (χ1v) is 9.15. The van der Waals surface area contributed by atoms with Gasteiger partial charge in [0.25, 0.3) is 0 Å². The molecule has 0 aliphatic carbocycles. The first-order chi connectivity index (χ1) is 10.1. The van der Waals surface area contributed by atoms with Crippen LogP contribution in [0.25, 0.3) is 0 Å². The maximum absolute atomic E-state index is 13.1. The Kier molecular flexibility index (Phi) is 6.74. The number of rotatable bonds is 6. The Bertz CT molecular complexity index is 589. The topological polar surface area (TPSA) is 12.0 Å². The van der Waals surface area contributed by atoms with Crippen molar-refractivity contribution in [3.63, 3.8) is 0 Å². The smallest absolute Gasteiger partial charge is 0.124 e. The van der Waals surface area contributed by atoms with E-state index < -0.39 is 0 Å². The Morgan fingerprint density at radius 1 is 1.14 bits per heavy atom. The van der Waals surface area contributed by atoms with Gasteiger partial charge in [0, 0.05) is 25.6 Å². The Morgan fingerprint density at radius 2 is 1.86 bits per heavy atom. The van der Waals surface area contributed by atoms with Crippen LogP contribution in [-0.2, 0) is 6.42 Å². The van der Waals surface area contributed by atoms with E-state index in [-0.39, 0.29) is 5.82 Å². The zero-order chi connectivity index (χ0) is 15.2. The molecule has 0 amide bonds. The van der Waals surface area contributed by atoms with Crippen molar-refractivity contribution >= 4 is 43.6 Å². The van der Waals surface area contributed by atoms with E-state index in [0.717, 1.165) is 26.7 Å². The zero-order valence-electron chi connectivity index (χ0n) is 11.6. The highest BCUT2D eigenvalue weighted by atomic mass is 79.9. The van der Waals surface area contributed by atoms with Gasteiger partial charge >= 0.3 is 0 Å². The van der Waals surface area contributed by atoms with Gasteiger partial charge in [-0.3, -0.25) is 0 Å². The third-order valence-corrected chi connectivity index (χ3v) is 5.60. The predicted octanol–water partition coefficient (Wildman–Crippen LogP) is 5.27. The van der Waals surface area contributed by atoms with Crippen molar-refractivity contribution in [3.8, 4) is 0 Å². The monoisotopic (exact) mass is 431 g/mol. The van der Waals surface area contributed by atoms with Crippen molar-refractivity contribution in [3.05, 3.63) is 62.8 Å². The summed E-state index contributed by atoms with van der Waals surface area (Å²) >= 11 is 8.69. The summed E-state index contributed by atoms with van der Waals surface area (Å²) in [7, 11) is 1.96. The summed E-state index contributed by atoms with van der Waals surface area (Å²) in [6.45, 7) is 0. The predicted molar refractivity (Wildman–Crippen MR) is 95.5 cm³/mol. The molecule has 0 heterocycles. The van der Waals surface area contributed by atoms with E-state index in [9.17, 15) is 4.39 Å². The van der Waals surface area contributed by atoms with Crippen molar-refractivity contribution < 1.29 is 4.39 Å². The second-order valence-corrected chi connectivity index (χ2v) is 7.55. The van der Waals surface area contributed by atoms with Gasteiger partial charge in [-0.05, 0) is 55.4 Å². The molecule has 2 aromatic rings. The zero-order valence-corrected chi connectivity index (χ0v) is 15.6. The number of nitrogens with one attached hydrogen (secondary N) is 1. The van der Waals surface area contributed by atoms with E-state index in [0.29, 0.717) is 6.04 Å². The number of hydrogen-bond acceptors (Lipinski definition) is 2. The fraction of sp³-hybridized carbons (Fsp3) is 0.250. The van der Waals surface area contributed by atoms with Crippen LogP contribution in [0.3, 0.4) is 0 Å². The van der Waals surface area contributed by atoms with Gasteiger partial charge in [-0.15, -0.1) is 11.8 Å². The summed E-state index contributed by atoms with van der Waals surface area (Å²) in [5.41, 5.74) is 1.12. The summed E-state index contributed by atoms with van der Waals surface area (Å²) in [6.07, 6.45) is 0.862. The standard InChI is InChI=1S/C16H16Br2FNS/c1-20-14(8-11-2-5-13(19)9-16(11)18)10-21-15-6-3-12(17)4-7-15/h2-7,9,14,20H,8,10H2,1H3. The van der Waals surface area contributed by atoms with Crippen LogP contribution in [0.2, 0.25) is 0 Å². The third kappa shape index (κ3) is 5.40. The lowest BCUT2D eigenvalue weighted by Crippen LogP contribution is -2.30. The van der Waals surface area contributed by atoms with Crippen LogP contribution in [-0.4, -0.2) is 18.8 Å². The summed E-state index contributed by atoms with van der Waals surface area (Å²) in [4.78, 5) is 1.25. The molecule has 1 N–H and O–H groups in total. The normalized spacial score (nSPS) is 12.4. The molecule has 5 heteroatoms. The Morgan fingerprint density at radius 3 is 2.48 bits per heavy atom. The van der Waals surface area contributed by atoms with Crippen LogP contribution in [0.15, 0.2) is 56.3 Å². The molecule has 0 saturated heterocycles. The molecule has 21 heavy (non-hydrogen) atoms. The molecule has 1 atom stereocenters. The lowest BCUT2D eigenvalue weighted by Gasteiger charge is -2.17. The van der Waals surface area contributed by atoms with E-state index in [4.69, 9.17) is 0 Å². The molecule has 0 aliphatic rings. The summed E-state index contributed by atoms with van der Waals surface area (Å²) in [5.74, 6) is 0.748. The number of thioether (sulfide) groups is 1. The van der Waals surface area contributed by atoms with Gasteiger partial charge in [0.2, 0.25) is 0 Å². The molecule has 1 nitrogen and oxygen atoms in total. The summed E-state index contributed by atoms with van der Waals surface area (Å²) < 4.78 is 15.0. The second kappa shape index (κ2) is 8.32. The number of hydrogen-bond donors (Lipinski definition) is 1. The van der Waals surface area contributed by atoms with Crippen LogP contribution in [0.5, 0.6) is 0 Å². The van der Waals surface area contributed by atoms with Crippen molar-refractivity contribution in [1.82, 2.24) is 5.32 Å². The summed E-state index contributed by atoms with van der Waals surface area (Å²) in [5, 5.41) is 3.33. The van der Waals surface area contributed by atoms with Gasteiger partial charge in [0.1, 0.15) is 5.82 Å². The maximum Gasteiger partial charge on any atom is 0.124 e. The van der Waals surface area contributed by atoms with Crippen LogP contribution in [0.4, 0.5) is 4.39 Å². The number of halogens is 3. The first-order valence-electron chi connectivity index (χ1n) is 6.58. The van der Waals surface area contributed by atoms with Crippen LogP contribution < -0.4 is 5.32 Å². The third-order valence-electron chi connectivity index (χ3n) is 3.15. The maximum atomic E-state index is 13.1. The lowest BCUT2D eigenvalue weighted by molar-refractivity contribution is 0.607. The van der Waals surface area contributed by atoms with Crippen molar-refractivity contribution in [1.29, 1.82) is 0 Å². The van der Waals surface area contributed by atoms with Gasteiger partial charge in [0.15, 0.2) is 0 Å². The van der Waals surface area contributed by atoms with Gasteiger partial charge in [-0.2, -0.15) is 0 Å². The molecule has 0 aliphatic heterocycles. The Balaban J connectivity index is 1.95. The molecule has 0 radical (unpaired) electrons. The first kappa shape index (κ1) is 17.0. The molecular formula is C16H16Br2FNS. The van der Waals surface area contributed by atoms with Gasteiger partial charge in [-0.1, -0.05) is 37.9 Å². The molecule has 0 aromatic heterocycles. The van der Waals surface area contributed by atoms with Gasteiger partial charge in [0.05, 0.1) is 0 Å². The van der Waals surface area contributed by atoms with E-state index in [1.807, 2.05) is 37.0 Å². The molecule has 0 spiro atoms. The Labute approximate surface area is 146 Å². The average molecular weight is 433 g/mol. The van der Waals surface area contributed by atoms with Gasteiger partial charge in [-0.25, -0.2) is 4.39 Å². The molecule has 1 unspecified atom stereocenters. The summed E-state index contributed by atoms with van der Waals surface area (Å²) in [6, 6.07) is 13.5. The highest BCUT2D eigenvalue weighted by Crippen LogP contribution is 2.24. The van der Waals surface area contributed by atoms with Gasteiger partial charge < -0.3 is 5.32 Å². The highest BCUT2D eigenvalue weighted by molar-refractivity contribution is 9.10. The number of benzene rings is 2. The number of likely N-dealkylation sites (N-methyl/N-ethyl adjacent to an activating group) is 1. The SMILES string of the molecule is CNC(CSc1ccc(Br)cc1)Cc1ccc(F)cc1Br. The van der Waals surface area contributed by atoms with Crippen LogP contribution in [0.1, 0.15) is 5.56 Å². The largest absolute Gasteiger partial charge is 0.316 e. The minimum atomic E-state index is -0.212. The highest BCUT2D eigenvalue weighted by Gasteiger charge is 2.11. The fourth-order valence-corrected chi connectivity index (χ4v) is 3.71. The van der Waals surface area contributed by atoms with Crippen LogP contribution in [0, 0.1) is 5.82 Å². The van der Waals surface area contributed by atoms with E-state index in [1.54, 1.807) is 0 Å². The van der Waals surface area contributed by atoms with E-state index in [1.165, 1.54) is 17.0 Å². The van der Waals surface area contributed by atoms with E-state index in [2.05, 4.69) is 49.3 Å². The molecule has 2 aromatic carbocycles. The van der Waals surface area contributed by atoms with Crippen molar-refractivity contribution in [2.75, 3.05) is 12.8 Å². The molecule has 112 valence electrons. The Hall–Kier alpha value is -0.360. The lowest BCUT2D eigenvalue weighted by atomic mass is 10.1. The molecule has 0 bridgehead atoms. The minimum Gasteiger partial charge on any atom is -0.316 e.